The lowest BCUT2D eigenvalue weighted by Crippen LogP contribution is -2.53. The summed E-state index contributed by atoms with van der Waals surface area (Å²) in [6.07, 6.45) is 6.99. The minimum atomic E-state index is -0.145. The summed E-state index contributed by atoms with van der Waals surface area (Å²) >= 11 is 0. The fourth-order valence-corrected chi connectivity index (χ4v) is 4.00. The molecule has 2 fully saturated rings. The summed E-state index contributed by atoms with van der Waals surface area (Å²) < 4.78 is 5.96. The molecule has 1 aliphatic carbocycles. The first-order chi connectivity index (χ1) is 9.91. The molecule has 1 saturated carbocycles. The van der Waals surface area contributed by atoms with Crippen LogP contribution < -0.4 is 0 Å². The Morgan fingerprint density at radius 2 is 1.95 bits per heavy atom. The van der Waals surface area contributed by atoms with Crippen molar-refractivity contribution in [3.63, 3.8) is 0 Å². The van der Waals surface area contributed by atoms with E-state index in [0.29, 0.717) is 17.6 Å². The highest BCUT2D eigenvalue weighted by molar-refractivity contribution is 4.92. The van der Waals surface area contributed by atoms with Crippen LogP contribution in [0.15, 0.2) is 0 Å². The van der Waals surface area contributed by atoms with Gasteiger partial charge in [0.25, 0.3) is 0 Å². The largest absolute Gasteiger partial charge is 0.391 e. The van der Waals surface area contributed by atoms with Gasteiger partial charge in [0, 0.05) is 19.2 Å². The van der Waals surface area contributed by atoms with Gasteiger partial charge in [-0.15, -0.1) is 0 Å². The molecular formula is C18H35NO2. The van der Waals surface area contributed by atoms with Gasteiger partial charge in [-0.1, -0.05) is 27.7 Å². The Morgan fingerprint density at radius 3 is 2.62 bits per heavy atom. The minimum absolute atomic E-state index is 0.145. The average molecular weight is 297 g/mol. The molecule has 4 unspecified atom stereocenters. The highest BCUT2D eigenvalue weighted by Crippen LogP contribution is 2.40. The van der Waals surface area contributed by atoms with Crippen LogP contribution in [0.25, 0.3) is 0 Å². The lowest BCUT2D eigenvalue weighted by atomic mass is 9.69. The van der Waals surface area contributed by atoms with E-state index in [1.165, 1.54) is 19.3 Å². The van der Waals surface area contributed by atoms with Crippen molar-refractivity contribution in [3.8, 4) is 0 Å². The van der Waals surface area contributed by atoms with Gasteiger partial charge >= 0.3 is 0 Å². The van der Waals surface area contributed by atoms with Crippen molar-refractivity contribution in [1.82, 2.24) is 4.90 Å². The number of ether oxygens (including phenoxy) is 1. The van der Waals surface area contributed by atoms with Crippen molar-refractivity contribution in [2.45, 2.75) is 84.5 Å². The number of aliphatic hydroxyl groups is 1. The fraction of sp³-hybridized carbons (Fsp3) is 1.00. The SMILES string of the molecule is CCCOC1CCCN(C2CC(C(C)(C)C)CCC2O)C1. The third-order valence-electron chi connectivity index (χ3n) is 5.44. The number of nitrogens with zero attached hydrogens (tertiary/aromatic N) is 1. The quantitative estimate of drug-likeness (QED) is 0.862. The zero-order valence-corrected chi connectivity index (χ0v) is 14.5. The number of likely N-dealkylation sites (tertiary alicyclic amines) is 1. The second-order valence-electron chi connectivity index (χ2n) is 8.14. The predicted molar refractivity (Wildman–Crippen MR) is 87.4 cm³/mol. The molecule has 1 saturated heterocycles. The fourth-order valence-electron chi connectivity index (χ4n) is 4.00. The third-order valence-corrected chi connectivity index (χ3v) is 5.44. The van der Waals surface area contributed by atoms with Gasteiger partial charge in [-0.05, 0) is 56.4 Å². The Hall–Kier alpha value is -0.120. The molecule has 0 bridgehead atoms. The maximum absolute atomic E-state index is 10.5. The lowest BCUT2D eigenvalue weighted by molar-refractivity contribution is -0.0618. The van der Waals surface area contributed by atoms with Crippen LogP contribution in [0.5, 0.6) is 0 Å². The second-order valence-corrected chi connectivity index (χ2v) is 8.14. The van der Waals surface area contributed by atoms with Crippen molar-refractivity contribution >= 4 is 0 Å². The number of hydrogen-bond donors (Lipinski definition) is 1. The molecule has 0 aromatic heterocycles. The summed E-state index contributed by atoms with van der Waals surface area (Å²) in [5.74, 6) is 0.725. The molecule has 0 spiro atoms. The number of piperidine rings is 1. The minimum Gasteiger partial charge on any atom is -0.391 e. The molecule has 0 radical (unpaired) electrons. The molecule has 0 amide bonds. The number of hydrogen-bond acceptors (Lipinski definition) is 3. The molecule has 4 atom stereocenters. The molecule has 0 aromatic rings. The summed E-state index contributed by atoms with van der Waals surface area (Å²) in [5, 5.41) is 10.5. The Kier molecular flexibility index (Phi) is 6.10. The summed E-state index contributed by atoms with van der Waals surface area (Å²) in [5.41, 5.74) is 0.353. The third kappa shape index (κ3) is 4.67. The van der Waals surface area contributed by atoms with Crippen LogP contribution in [0, 0.1) is 11.3 Å². The normalized spacial score (nSPS) is 35.9. The van der Waals surface area contributed by atoms with Crippen LogP contribution in [-0.2, 0) is 4.74 Å². The standard InChI is InChI=1S/C18H35NO2/c1-5-11-21-15-7-6-10-19(13-15)16-12-14(18(2,3)4)8-9-17(16)20/h14-17,20H,5-13H2,1-4H3. The van der Waals surface area contributed by atoms with Gasteiger partial charge < -0.3 is 9.84 Å². The molecule has 1 heterocycles. The zero-order valence-electron chi connectivity index (χ0n) is 14.5. The van der Waals surface area contributed by atoms with Crippen molar-refractivity contribution in [2.75, 3.05) is 19.7 Å². The highest BCUT2D eigenvalue weighted by atomic mass is 16.5. The van der Waals surface area contributed by atoms with Crippen LogP contribution >= 0.6 is 0 Å². The van der Waals surface area contributed by atoms with Crippen LogP contribution in [0.1, 0.15) is 66.2 Å². The Bertz CT molecular complexity index is 313. The van der Waals surface area contributed by atoms with E-state index in [1.54, 1.807) is 0 Å². The zero-order chi connectivity index (χ0) is 15.5. The molecule has 3 heteroatoms. The van der Waals surface area contributed by atoms with E-state index < -0.39 is 0 Å². The van der Waals surface area contributed by atoms with Crippen LogP contribution in [-0.4, -0.2) is 48.0 Å². The van der Waals surface area contributed by atoms with Crippen molar-refractivity contribution in [3.05, 3.63) is 0 Å². The molecular weight excluding hydrogens is 262 g/mol. The van der Waals surface area contributed by atoms with E-state index >= 15 is 0 Å². The maximum Gasteiger partial charge on any atom is 0.0702 e. The summed E-state index contributed by atoms with van der Waals surface area (Å²) in [6.45, 7) is 12.2. The second kappa shape index (κ2) is 7.43. The van der Waals surface area contributed by atoms with E-state index in [-0.39, 0.29) is 6.10 Å². The van der Waals surface area contributed by atoms with Gasteiger partial charge in [-0.2, -0.15) is 0 Å². The molecule has 2 aliphatic rings. The molecule has 3 nitrogen and oxygen atoms in total. The number of rotatable bonds is 4. The first kappa shape index (κ1) is 17.2. The van der Waals surface area contributed by atoms with Gasteiger partial charge in [0.15, 0.2) is 0 Å². The van der Waals surface area contributed by atoms with Crippen molar-refractivity contribution in [1.29, 1.82) is 0 Å². The van der Waals surface area contributed by atoms with E-state index in [2.05, 4.69) is 32.6 Å². The molecule has 2 rings (SSSR count). The first-order valence-corrected chi connectivity index (χ1v) is 8.95. The van der Waals surface area contributed by atoms with Crippen molar-refractivity contribution < 1.29 is 9.84 Å². The van der Waals surface area contributed by atoms with Crippen LogP contribution in [0.4, 0.5) is 0 Å². The lowest BCUT2D eigenvalue weighted by Gasteiger charge is -2.46. The molecule has 0 aromatic carbocycles. The van der Waals surface area contributed by atoms with E-state index in [9.17, 15) is 5.11 Å². The van der Waals surface area contributed by atoms with Gasteiger partial charge in [0.1, 0.15) is 0 Å². The van der Waals surface area contributed by atoms with Gasteiger partial charge in [-0.3, -0.25) is 4.90 Å². The molecule has 1 N–H and O–H groups in total. The van der Waals surface area contributed by atoms with Crippen molar-refractivity contribution in [2.24, 2.45) is 11.3 Å². The first-order valence-electron chi connectivity index (χ1n) is 8.95. The van der Waals surface area contributed by atoms with Gasteiger partial charge in [0.2, 0.25) is 0 Å². The van der Waals surface area contributed by atoms with Gasteiger partial charge in [0.05, 0.1) is 12.2 Å². The van der Waals surface area contributed by atoms with Crippen LogP contribution in [0.2, 0.25) is 0 Å². The Labute approximate surface area is 131 Å². The monoisotopic (exact) mass is 297 g/mol. The molecule has 1 aliphatic heterocycles. The summed E-state index contributed by atoms with van der Waals surface area (Å²) in [6, 6.07) is 0.344. The van der Waals surface area contributed by atoms with Gasteiger partial charge in [-0.25, -0.2) is 0 Å². The Balaban J connectivity index is 1.94. The van der Waals surface area contributed by atoms with Crippen LogP contribution in [0.3, 0.4) is 0 Å². The summed E-state index contributed by atoms with van der Waals surface area (Å²) in [7, 11) is 0. The molecule has 21 heavy (non-hydrogen) atoms. The Morgan fingerprint density at radius 1 is 1.19 bits per heavy atom. The molecule has 124 valence electrons. The predicted octanol–water partition coefficient (Wildman–Crippen LogP) is 3.45. The van der Waals surface area contributed by atoms with E-state index in [1.807, 2.05) is 0 Å². The topological polar surface area (TPSA) is 32.7 Å². The highest BCUT2D eigenvalue weighted by Gasteiger charge is 2.39. The van der Waals surface area contributed by atoms with E-state index in [4.69, 9.17) is 4.74 Å². The smallest absolute Gasteiger partial charge is 0.0702 e. The van der Waals surface area contributed by atoms with E-state index in [0.717, 1.165) is 44.9 Å². The maximum atomic E-state index is 10.5. The summed E-state index contributed by atoms with van der Waals surface area (Å²) in [4.78, 5) is 2.52. The average Bonchev–Trinajstić information content (AvgIpc) is 2.44. The number of aliphatic hydroxyl groups excluding tert-OH is 1.